The lowest BCUT2D eigenvalue weighted by Crippen LogP contribution is -2.40. The molecule has 4 aromatic rings. The molecule has 8 nitrogen and oxygen atoms in total. The Balaban J connectivity index is 1.69. The molecule has 2 N–H and O–H groups in total. The molecule has 0 aliphatic rings. The fourth-order valence-corrected chi connectivity index (χ4v) is 4.34. The zero-order valence-corrected chi connectivity index (χ0v) is 19.2. The first-order valence-electron chi connectivity index (χ1n) is 10.2. The van der Waals surface area contributed by atoms with E-state index in [4.69, 9.17) is 0 Å². The summed E-state index contributed by atoms with van der Waals surface area (Å²) in [5.74, 6) is -0.605. The quantitative estimate of drug-likeness (QED) is 0.474. The summed E-state index contributed by atoms with van der Waals surface area (Å²) < 4.78 is 2.82. The number of hydrogen-bond donors (Lipinski definition) is 2. The third-order valence-electron chi connectivity index (χ3n) is 5.29. The third kappa shape index (κ3) is 4.49. The number of benzene rings is 2. The van der Waals surface area contributed by atoms with Gasteiger partial charge < -0.3 is 10.6 Å². The Kier molecular flexibility index (Phi) is 5.97. The van der Waals surface area contributed by atoms with Gasteiger partial charge in [0.1, 0.15) is 11.2 Å². The van der Waals surface area contributed by atoms with Crippen molar-refractivity contribution in [1.82, 2.24) is 9.13 Å². The summed E-state index contributed by atoms with van der Waals surface area (Å²) in [6.45, 7) is 5.02. The molecule has 2 aromatic carbocycles. The van der Waals surface area contributed by atoms with Gasteiger partial charge in [0.05, 0.1) is 11.2 Å². The van der Waals surface area contributed by atoms with E-state index in [2.05, 4.69) is 10.6 Å². The van der Waals surface area contributed by atoms with Crippen LogP contribution in [0.25, 0.3) is 15.9 Å². The molecule has 2 heterocycles. The maximum atomic E-state index is 13.3. The minimum atomic E-state index is -0.578. The highest BCUT2D eigenvalue weighted by Crippen LogP contribution is 2.18. The van der Waals surface area contributed by atoms with Crippen molar-refractivity contribution in [2.45, 2.75) is 27.3 Å². The summed E-state index contributed by atoms with van der Waals surface area (Å²) in [6.07, 6.45) is 0. The average molecular weight is 463 g/mol. The van der Waals surface area contributed by atoms with Gasteiger partial charge in [-0.1, -0.05) is 6.07 Å². The molecule has 4 rings (SSSR count). The molecule has 0 saturated heterocycles. The van der Waals surface area contributed by atoms with Crippen LogP contribution in [0.2, 0.25) is 0 Å². The summed E-state index contributed by atoms with van der Waals surface area (Å²) in [7, 11) is 0. The van der Waals surface area contributed by atoms with Gasteiger partial charge in [-0.3, -0.25) is 19.0 Å². The van der Waals surface area contributed by atoms with Crippen LogP contribution in [-0.4, -0.2) is 20.9 Å². The van der Waals surface area contributed by atoms with E-state index < -0.39 is 17.2 Å². The molecule has 0 saturated carbocycles. The topological polar surface area (TPSA) is 102 Å². The predicted octanol–water partition coefficient (Wildman–Crippen LogP) is 3.43. The highest BCUT2D eigenvalue weighted by atomic mass is 32.1. The van der Waals surface area contributed by atoms with Crippen LogP contribution in [0.15, 0.2) is 63.5 Å². The number of nitrogens with zero attached hydrogens (tertiary/aromatic N) is 2. The number of anilines is 2. The number of aryl methyl sites for hydroxylation is 2. The first-order chi connectivity index (χ1) is 15.7. The standard InChI is InChI=1S/C24H22N4O4S/c1-14-4-9-19(12-15(14)2)28-23(31)22-20(10-11-33-22)27(24(28)32)13-21(30)26-18-7-5-17(6-8-18)25-16(3)29/h4-12H,13H2,1-3H3,(H,25,29)(H,26,30). The lowest BCUT2D eigenvalue weighted by Gasteiger charge is -2.13. The maximum absolute atomic E-state index is 13.3. The van der Waals surface area contributed by atoms with Crippen LogP contribution in [0.1, 0.15) is 18.1 Å². The molecule has 0 aliphatic carbocycles. The van der Waals surface area contributed by atoms with Crippen LogP contribution < -0.4 is 21.9 Å². The van der Waals surface area contributed by atoms with Gasteiger partial charge >= 0.3 is 5.69 Å². The van der Waals surface area contributed by atoms with Crippen molar-refractivity contribution in [2.24, 2.45) is 0 Å². The number of nitrogens with one attached hydrogen (secondary N) is 2. The monoisotopic (exact) mass is 462 g/mol. The third-order valence-corrected chi connectivity index (χ3v) is 6.19. The number of aromatic nitrogens is 2. The molecule has 0 fully saturated rings. The molecular formula is C24H22N4O4S. The second-order valence-electron chi connectivity index (χ2n) is 7.72. The minimum absolute atomic E-state index is 0.190. The summed E-state index contributed by atoms with van der Waals surface area (Å²) in [5, 5.41) is 7.13. The van der Waals surface area contributed by atoms with Gasteiger partial charge in [-0.2, -0.15) is 0 Å². The van der Waals surface area contributed by atoms with E-state index in [0.29, 0.717) is 27.3 Å². The Morgan fingerprint density at radius 1 is 0.909 bits per heavy atom. The van der Waals surface area contributed by atoms with Gasteiger partial charge in [0.2, 0.25) is 11.8 Å². The highest BCUT2D eigenvalue weighted by molar-refractivity contribution is 7.17. The molecule has 0 spiro atoms. The number of hydrogen-bond acceptors (Lipinski definition) is 5. The Morgan fingerprint density at radius 2 is 1.58 bits per heavy atom. The van der Waals surface area contributed by atoms with Crippen molar-refractivity contribution >= 4 is 44.7 Å². The SMILES string of the molecule is CC(=O)Nc1ccc(NC(=O)Cn2c(=O)n(-c3ccc(C)c(C)c3)c(=O)c3sccc32)cc1. The van der Waals surface area contributed by atoms with Crippen LogP contribution in [0.4, 0.5) is 11.4 Å². The fraction of sp³-hybridized carbons (Fsp3) is 0.167. The summed E-state index contributed by atoms with van der Waals surface area (Å²) in [6, 6.07) is 13.7. The van der Waals surface area contributed by atoms with E-state index >= 15 is 0 Å². The molecule has 0 atom stereocenters. The van der Waals surface area contributed by atoms with Gasteiger partial charge in [-0.05, 0) is 72.8 Å². The Bertz CT molecular complexity index is 1500. The number of carbonyl (C=O) groups excluding carboxylic acids is 2. The van der Waals surface area contributed by atoms with E-state index in [-0.39, 0.29) is 12.5 Å². The van der Waals surface area contributed by atoms with Crippen LogP contribution in [-0.2, 0) is 16.1 Å². The second kappa shape index (κ2) is 8.87. The lowest BCUT2D eigenvalue weighted by atomic mass is 10.1. The van der Waals surface area contributed by atoms with Gasteiger partial charge in [0.15, 0.2) is 0 Å². The maximum Gasteiger partial charge on any atom is 0.336 e. The molecule has 9 heteroatoms. The van der Waals surface area contributed by atoms with Crippen molar-refractivity contribution in [2.75, 3.05) is 10.6 Å². The summed E-state index contributed by atoms with van der Waals surface area (Å²) in [4.78, 5) is 50.3. The zero-order valence-electron chi connectivity index (χ0n) is 18.3. The fourth-order valence-electron chi connectivity index (χ4n) is 3.52. The van der Waals surface area contributed by atoms with E-state index in [1.165, 1.54) is 22.8 Å². The van der Waals surface area contributed by atoms with Crippen molar-refractivity contribution in [3.8, 4) is 5.69 Å². The van der Waals surface area contributed by atoms with Crippen molar-refractivity contribution < 1.29 is 9.59 Å². The molecule has 2 amide bonds. The van der Waals surface area contributed by atoms with Gasteiger partial charge in [-0.15, -0.1) is 11.3 Å². The Hall–Kier alpha value is -3.98. The van der Waals surface area contributed by atoms with Gasteiger partial charge in [-0.25, -0.2) is 9.36 Å². The lowest BCUT2D eigenvalue weighted by molar-refractivity contribution is -0.117. The van der Waals surface area contributed by atoms with Crippen molar-refractivity contribution in [3.63, 3.8) is 0 Å². The Morgan fingerprint density at radius 3 is 2.21 bits per heavy atom. The van der Waals surface area contributed by atoms with Crippen molar-refractivity contribution in [3.05, 3.63) is 85.9 Å². The normalized spacial score (nSPS) is 10.9. The second-order valence-corrected chi connectivity index (χ2v) is 8.64. The molecule has 0 aliphatic heterocycles. The number of rotatable bonds is 5. The average Bonchev–Trinajstić information content (AvgIpc) is 3.25. The smallest absolute Gasteiger partial charge is 0.326 e. The van der Waals surface area contributed by atoms with E-state index in [0.717, 1.165) is 15.7 Å². The minimum Gasteiger partial charge on any atom is -0.326 e. The first-order valence-corrected chi connectivity index (χ1v) is 11.1. The number of thiophene rings is 1. The molecule has 2 aromatic heterocycles. The molecule has 0 bridgehead atoms. The van der Waals surface area contributed by atoms with E-state index in [9.17, 15) is 19.2 Å². The van der Waals surface area contributed by atoms with Crippen LogP contribution in [0.5, 0.6) is 0 Å². The Labute approximate surface area is 193 Å². The van der Waals surface area contributed by atoms with Crippen molar-refractivity contribution in [1.29, 1.82) is 0 Å². The van der Waals surface area contributed by atoms with Crippen LogP contribution >= 0.6 is 11.3 Å². The number of fused-ring (bicyclic) bond motifs is 1. The highest BCUT2D eigenvalue weighted by Gasteiger charge is 2.18. The predicted molar refractivity (Wildman–Crippen MR) is 131 cm³/mol. The van der Waals surface area contributed by atoms with Gasteiger partial charge in [0.25, 0.3) is 5.56 Å². The van der Waals surface area contributed by atoms with Crippen LogP contribution in [0.3, 0.4) is 0 Å². The molecule has 0 radical (unpaired) electrons. The first kappa shape index (κ1) is 22.2. The molecule has 33 heavy (non-hydrogen) atoms. The summed E-state index contributed by atoms with van der Waals surface area (Å²) >= 11 is 1.23. The summed E-state index contributed by atoms with van der Waals surface area (Å²) in [5.41, 5.74) is 3.04. The van der Waals surface area contributed by atoms with Crippen LogP contribution in [0, 0.1) is 13.8 Å². The molecule has 168 valence electrons. The van der Waals surface area contributed by atoms with E-state index in [1.54, 1.807) is 47.8 Å². The number of carbonyl (C=O) groups is 2. The molecule has 0 unspecified atom stereocenters. The van der Waals surface area contributed by atoms with Gasteiger partial charge in [0, 0.05) is 18.3 Å². The largest absolute Gasteiger partial charge is 0.336 e. The molecular weight excluding hydrogens is 440 g/mol. The number of amides is 2. The van der Waals surface area contributed by atoms with E-state index in [1.807, 2.05) is 19.9 Å². The zero-order chi connectivity index (χ0) is 23.7.